The minimum Gasteiger partial charge on any atom is -0.370 e. The van der Waals surface area contributed by atoms with E-state index >= 15 is 0 Å². The molecule has 1 aromatic heterocycles. The minimum absolute atomic E-state index is 0.322. The Morgan fingerprint density at radius 2 is 1.85 bits per heavy atom. The molecule has 1 aromatic carbocycles. The zero-order valence-electron chi connectivity index (χ0n) is 12.9. The largest absolute Gasteiger partial charge is 0.370 e. The number of nitrogens with zero attached hydrogens (tertiary/aromatic N) is 1. The van der Waals surface area contributed by atoms with E-state index in [0.29, 0.717) is 5.41 Å². The number of nitrogens with one attached hydrogen (secondary N) is 1. The van der Waals surface area contributed by atoms with Crippen LogP contribution in [0, 0.1) is 5.41 Å². The lowest BCUT2D eigenvalue weighted by atomic mass is 9.87. The molecule has 0 fully saturated rings. The van der Waals surface area contributed by atoms with E-state index in [2.05, 4.69) is 55.3 Å². The summed E-state index contributed by atoms with van der Waals surface area (Å²) < 4.78 is 0. The van der Waals surface area contributed by atoms with Crippen molar-refractivity contribution in [2.24, 2.45) is 5.41 Å². The summed E-state index contributed by atoms with van der Waals surface area (Å²) in [6.45, 7) is 7.89. The maximum atomic E-state index is 4.66. The molecule has 0 aliphatic heterocycles. The van der Waals surface area contributed by atoms with Gasteiger partial charge in [0, 0.05) is 11.9 Å². The number of fused-ring (bicyclic) bond motifs is 1. The summed E-state index contributed by atoms with van der Waals surface area (Å²) in [4.78, 5) is 4.66. The second-order valence-corrected chi connectivity index (χ2v) is 6.36. The average Bonchev–Trinajstić information content (AvgIpc) is 2.45. The zero-order valence-corrected chi connectivity index (χ0v) is 12.9. The van der Waals surface area contributed by atoms with Crippen molar-refractivity contribution in [2.75, 3.05) is 11.9 Å². The molecule has 20 heavy (non-hydrogen) atoms. The van der Waals surface area contributed by atoms with Crippen LogP contribution in [-0.4, -0.2) is 11.5 Å². The lowest BCUT2D eigenvalue weighted by molar-refractivity contribution is 0.342. The SMILES string of the molecule is CCCCCC(C)(C)CNc1ccc2ccccc2n1. The molecule has 108 valence electrons. The first-order valence-corrected chi connectivity index (χ1v) is 7.70. The number of benzene rings is 1. The molecule has 0 saturated heterocycles. The van der Waals surface area contributed by atoms with Crippen LogP contribution in [0.3, 0.4) is 0 Å². The van der Waals surface area contributed by atoms with Gasteiger partial charge in [-0.05, 0) is 30.0 Å². The van der Waals surface area contributed by atoms with E-state index in [1.807, 2.05) is 12.1 Å². The Morgan fingerprint density at radius 1 is 1.05 bits per heavy atom. The molecule has 2 nitrogen and oxygen atoms in total. The van der Waals surface area contributed by atoms with Crippen LogP contribution in [-0.2, 0) is 0 Å². The number of aromatic nitrogens is 1. The van der Waals surface area contributed by atoms with Gasteiger partial charge in [-0.3, -0.25) is 0 Å². The molecule has 1 heterocycles. The van der Waals surface area contributed by atoms with Crippen LogP contribution < -0.4 is 5.32 Å². The fraction of sp³-hybridized carbons (Fsp3) is 0.500. The monoisotopic (exact) mass is 270 g/mol. The molecule has 0 aliphatic rings. The normalized spacial score (nSPS) is 11.8. The maximum absolute atomic E-state index is 4.66. The molecule has 2 aromatic rings. The maximum Gasteiger partial charge on any atom is 0.126 e. The van der Waals surface area contributed by atoms with Crippen molar-refractivity contribution in [3.8, 4) is 0 Å². The van der Waals surface area contributed by atoms with E-state index < -0.39 is 0 Å². The number of unbranched alkanes of at least 4 members (excludes halogenated alkanes) is 2. The van der Waals surface area contributed by atoms with Crippen molar-refractivity contribution in [3.05, 3.63) is 36.4 Å². The molecule has 0 bridgehead atoms. The second-order valence-electron chi connectivity index (χ2n) is 6.36. The van der Waals surface area contributed by atoms with E-state index in [4.69, 9.17) is 0 Å². The first-order chi connectivity index (χ1) is 9.61. The molecular weight excluding hydrogens is 244 g/mol. The van der Waals surface area contributed by atoms with Crippen molar-refractivity contribution >= 4 is 16.7 Å². The summed E-state index contributed by atoms with van der Waals surface area (Å²) in [6, 6.07) is 12.5. The molecule has 1 N–H and O–H groups in total. The number of anilines is 1. The van der Waals surface area contributed by atoms with Crippen LogP contribution >= 0.6 is 0 Å². The molecule has 0 spiro atoms. The highest BCUT2D eigenvalue weighted by atomic mass is 15.0. The Bertz CT molecular complexity index is 546. The third kappa shape index (κ3) is 4.22. The van der Waals surface area contributed by atoms with E-state index in [1.165, 1.54) is 31.1 Å². The molecule has 2 rings (SSSR count). The summed E-state index contributed by atoms with van der Waals surface area (Å²) in [5, 5.41) is 4.69. The summed E-state index contributed by atoms with van der Waals surface area (Å²) >= 11 is 0. The Balaban J connectivity index is 1.94. The van der Waals surface area contributed by atoms with Crippen molar-refractivity contribution in [2.45, 2.75) is 46.5 Å². The van der Waals surface area contributed by atoms with E-state index in [0.717, 1.165) is 17.9 Å². The first kappa shape index (κ1) is 14.8. The van der Waals surface area contributed by atoms with E-state index in [9.17, 15) is 0 Å². The Hall–Kier alpha value is -1.57. The molecular formula is C18H26N2. The second kappa shape index (κ2) is 6.74. The van der Waals surface area contributed by atoms with Gasteiger partial charge >= 0.3 is 0 Å². The smallest absolute Gasteiger partial charge is 0.126 e. The first-order valence-electron chi connectivity index (χ1n) is 7.70. The summed E-state index contributed by atoms with van der Waals surface area (Å²) in [6.07, 6.45) is 5.20. The third-order valence-corrected chi connectivity index (χ3v) is 3.80. The molecule has 0 atom stereocenters. The summed E-state index contributed by atoms with van der Waals surface area (Å²) in [5.41, 5.74) is 1.38. The molecule has 0 radical (unpaired) electrons. The highest BCUT2D eigenvalue weighted by Gasteiger charge is 2.17. The fourth-order valence-electron chi connectivity index (χ4n) is 2.44. The van der Waals surface area contributed by atoms with Gasteiger partial charge < -0.3 is 5.32 Å². The van der Waals surface area contributed by atoms with Gasteiger partial charge in [-0.2, -0.15) is 0 Å². The standard InChI is InChI=1S/C18H26N2/c1-4-5-8-13-18(2,3)14-19-17-12-11-15-9-6-7-10-16(15)20-17/h6-7,9-12H,4-5,8,13-14H2,1-3H3,(H,19,20). The fourth-order valence-corrected chi connectivity index (χ4v) is 2.44. The molecule has 0 amide bonds. The predicted octanol–water partition coefficient (Wildman–Crippen LogP) is 5.25. The number of hydrogen-bond acceptors (Lipinski definition) is 2. The molecule has 0 unspecified atom stereocenters. The highest BCUT2D eigenvalue weighted by Crippen LogP contribution is 2.24. The van der Waals surface area contributed by atoms with Gasteiger partial charge in [-0.1, -0.05) is 58.2 Å². The van der Waals surface area contributed by atoms with Crippen LogP contribution in [0.2, 0.25) is 0 Å². The molecule has 0 saturated carbocycles. The number of pyridine rings is 1. The Labute approximate surface area is 122 Å². The van der Waals surface area contributed by atoms with Gasteiger partial charge in [-0.25, -0.2) is 4.98 Å². The predicted molar refractivity (Wildman–Crippen MR) is 88.2 cm³/mol. The van der Waals surface area contributed by atoms with Gasteiger partial charge in [0.15, 0.2) is 0 Å². The van der Waals surface area contributed by atoms with Crippen LogP contribution in [0.15, 0.2) is 36.4 Å². The van der Waals surface area contributed by atoms with Gasteiger partial charge in [-0.15, -0.1) is 0 Å². The highest BCUT2D eigenvalue weighted by molar-refractivity contribution is 5.80. The van der Waals surface area contributed by atoms with Gasteiger partial charge in [0.2, 0.25) is 0 Å². The number of rotatable bonds is 7. The van der Waals surface area contributed by atoms with Crippen LogP contribution in [0.5, 0.6) is 0 Å². The van der Waals surface area contributed by atoms with E-state index in [1.54, 1.807) is 0 Å². The van der Waals surface area contributed by atoms with Crippen LogP contribution in [0.1, 0.15) is 46.5 Å². The van der Waals surface area contributed by atoms with Crippen molar-refractivity contribution in [1.82, 2.24) is 4.98 Å². The lowest BCUT2D eigenvalue weighted by Gasteiger charge is -2.25. The number of para-hydroxylation sites is 1. The topological polar surface area (TPSA) is 24.9 Å². The average molecular weight is 270 g/mol. The minimum atomic E-state index is 0.322. The van der Waals surface area contributed by atoms with Gasteiger partial charge in [0.1, 0.15) is 5.82 Å². The van der Waals surface area contributed by atoms with Crippen LogP contribution in [0.4, 0.5) is 5.82 Å². The summed E-state index contributed by atoms with van der Waals surface area (Å²) in [7, 11) is 0. The quantitative estimate of drug-likeness (QED) is 0.695. The third-order valence-electron chi connectivity index (χ3n) is 3.80. The Morgan fingerprint density at radius 3 is 2.65 bits per heavy atom. The Kier molecular flexibility index (Phi) is 4.99. The lowest BCUT2D eigenvalue weighted by Crippen LogP contribution is -2.23. The van der Waals surface area contributed by atoms with Crippen molar-refractivity contribution in [3.63, 3.8) is 0 Å². The van der Waals surface area contributed by atoms with E-state index in [-0.39, 0.29) is 0 Å². The molecule has 2 heteroatoms. The van der Waals surface area contributed by atoms with Gasteiger partial charge in [0.05, 0.1) is 5.52 Å². The van der Waals surface area contributed by atoms with Crippen LogP contribution in [0.25, 0.3) is 10.9 Å². The van der Waals surface area contributed by atoms with Gasteiger partial charge in [0.25, 0.3) is 0 Å². The zero-order chi connectivity index (χ0) is 14.4. The van der Waals surface area contributed by atoms with Crippen molar-refractivity contribution < 1.29 is 0 Å². The molecule has 0 aliphatic carbocycles. The number of hydrogen-bond donors (Lipinski definition) is 1. The summed E-state index contributed by atoms with van der Waals surface area (Å²) in [5.74, 6) is 0.979. The van der Waals surface area contributed by atoms with Crippen molar-refractivity contribution in [1.29, 1.82) is 0 Å².